The minimum absolute atomic E-state index is 0.0697. The van der Waals surface area contributed by atoms with Gasteiger partial charge in [0.05, 0.1) is 26.2 Å². The first-order valence-electron chi connectivity index (χ1n) is 12.2. The minimum atomic E-state index is -0.138. The van der Waals surface area contributed by atoms with E-state index in [0.29, 0.717) is 13.0 Å². The summed E-state index contributed by atoms with van der Waals surface area (Å²) < 4.78 is 10.8. The minimum Gasteiger partial charge on any atom is -0.497 e. The maximum Gasteiger partial charge on any atom is 0.225 e. The lowest BCUT2D eigenvalue weighted by molar-refractivity contribution is -0.125. The highest BCUT2D eigenvalue weighted by Crippen LogP contribution is 2.39. The Labute approximate surface area is 206 Å². The van der Waals surface area contributed by atoms with Gasteiger partial charge in [-0.25, -0.2) is 0 Å². The normalized spacial score (nSPS) is 18.9. The number of anilines is 2. The summed E-state index contributed by atoms with van der Waals surface area (Å²) in [6.07, 6.45) is 3.23. The first-order valence-corrected chi connectivity index (χ1v) is 12.2. The van der Waals surface area contributed by atoms with Crippen molar-refractivity contribution < 1.29 is 14.3 Å². The van der Waals surface area contributed by atoms with Gasteiger partial charge in [-0.05, 0) is 54.4 Å². The Morgan fingerprint density at radius 1 is 1.03 bits per heavy atom. The molecule has 2 aromatic carbocycles. The van der Waals surface area contributed by atoms with Crippen LogP contribution in [0.15, 0.2) is 66.9 Å². The van der Waals surface area contributed by atoms with Gasteiger partial charge >= 0.3 is 0 Å². The zero-order chi connectivity index (χ0) is 24.2. The second-order valence-corrected chi connectivity index (χ2v) is 9.07. The molecule has 1 N–H and O–H groups in total. The van der Waals surface area contributed by atoms with E-state index in [1.165, 1.54) is 11.3 Å². The zero-order valence-corrected chi connectivity index (χ0v) is 20.3. The van der Waals surface area contributed by atoms with Crippen LogP contribution in [-0.4, -0.2) is 57.3 Å². The van der Waals surface area contributed by atoms with Gasteiger partial charge in [-0.2, -0.15) is 0 Å². The summed E-state index contributed by atoms with van der Waals surface area (Å²) in [5.74, 6) is 1.66. The lowest BCUT2D eigenvalue weighted by Gasteiger charge is -2.49. The van der Waals surface area contributed by atoms with Gasteiger partial charge in [0.2, 0.25) is 5.91 Å². The lowest BCUT2D eigenvalue weighted by Crippen LogP contribution is -2.61. The van der Waals surface area contributed by atoms with Crippen LogP contribution in [-0.2, 0) is 17.6 Å². The molecule has 1 amide bonds. The van der Waals surface area contributed by atoms with Crippen LogP contribution in [0.3, 0.4) is 0 Å². The third kappa shape index (κ3) is 4.90. The zero-order valence-electron chi connectivity index (χ0n) is 20.3. The summed E-state index contributed by atoms with van der Waals surface area (Å²) >= 11 is 0. The number of nitrogens with one attached hydrogen (secondary N) is 1. The lowest BCUT2D eigenvalue weighted by atomic mass is 9.83. The fourth-order valence-corrected chi connectivity index (χ4v) is 5.22. The standard InChI is InChI=1S/C28H32N4O3/c1-34-23-10-7-22(8-11-23)31-15-16-32-26-18-24(35-2)9-6-20(26)17-25(27(32)19-31)28(33)30-14-12-21-5-3-4-13-29-21/h3-11,13,18,25,27H,12,14-17,19H2,1-2H3,(H,30,33). The van der Waals surface area contributed by atoms with E-state index in [9.17, 15) is 4.79 Å². The molecular weight excluding hydrogens is 440 g/mol. The average Bonchev–Trinajstić information content (AvgIpc) is 2.92. The van der Waals surface area contributed by atoms with Crippen LogP contribution >= 0.6 is 0 Å². The predicted molar refractivity (Wildman–Crippen MR) is 137 cm³/mol. The van der Waals surface area contributed by atoms with Crippen molar-refractivity contribution in [2.45, 2.75) is 18.9 Å². The second kappa shape index (κ2) is 10.3. The molecule has 1 aromatic heterocycles. The Kier molecular flexibility index (Phi) is 6.75. The van der Waals surface area contributed by atoms with Gasteiger partial charge in [0.25, 0.3) is 0 Å². The van der Waals surface area contributed by atoms with Crippen molar-refractivity contribution in [3.63, 3.8) is 0 Å². The van der Waals surface area contributed by atoms with Crippen molar-refractivity contribution in [2.24, 2.45) is 5.92 Å². The molecule has 2 aliphatic heterocycles. The highest BCUT2D eigenvalue weighted by atomic mass is 16.5. The highest BCUT2D eigenvalue weighted by Gasteiger charge is 2.41. The number of piperazine rings is 1. The number of benzene rings is 2. The smallest absolute Gasteiger partial charge is 0.225 e. The number of nitrogens with zero attached hydrogens (tertiary/aromatic N) is 3. The summed E-state index contributed by atoms with van der Waals surface area (Å²) in [5, 5.41) is 3.19. The molecule has 0 radical (unpaired) electrons. The number of hydrogen-bond donors (Lipinski definition) is 1. The highest BCUT2D eigenvalue weighted by molar-refractivity contribution is 5.82. The average molecular weight is 473 g/mol. The van der Waals surface area contributed by atoms with Crippen LogP contribution in [0.1, 0.15) is 11.3 Å². The molecule has 182 valence electrons. The van der Waals surface area contributed by atoms with Crippen molar-refractivity contribution in [1.82, 2.24) is 10.3 Å². The maximum absolute atomic E-state index is 13.5. The van der Waals surface area contributed by atoms with Crippen molar-refractivity contribution >= 4 is 17.3 Å². The van der Waals surface area contributed by atoms with Gasteiger partial charge < -0.3 is 24.6 Å². The number of pyridine rings is 1. The van der Waals surface area contributed by atoms with Crippen LogP contribution in [0, 0.1) is 5.92 Å². The molecule has 0 aliphatic carbocycles. The maximum atomic E-state index is 13.5. The van der Waals surface area contributed by atoms with E-state index in [-0.39, 0.29) is 17.9 Å². The Balaban J connectivity index is 1.36. The second-order valence-electron chi connectivity index (χ2n) is 9.07. The Hall–Kier alpha value is -3.74. The SMILES string of the molecule is COc1ccc(N2CCN3c4cc(OC)ccc4CC(C(=O)NCCc4ccccn4)C3C2)cc1. The summed E-state index contributed by atoms with van der Waals surface area (Å²) in [7, 11) is 3.38. The van der Waals surface area contributed by atoms with Crippen LogP contribution in [0.5, 0.6) is 11.5 Å². The van der Waals surface area contributed by atoms with E-state index in [0.717, 1.165) is 48.9 Å². The first kappa shape index (κ1) is 23.0. The van der Waals surface area contributed by atoms with E-state index in [1.54, 1.807) is 20.4 Å². The van der Waals surface area contributed by atoms with E-state index in [2.05, 4.69) is 44.4 Å². The molecule has 2 atom stereocenters. The molecule has 3 aromatic rings. The molecule has 35 heavy (non-hydrogen) atoms. The van der Waals surface area contributed by atoms with Crippen LogP contribution in [0.2, 0.25) is 0 Å². The van der Waals surface area contributed by atoms with Crippen molar-refractivity contribution in [3.05, 3.63) is 78.1 Å². The van der Waals surface area contributed by atoms with Gasteiger partial charge in [0, 0.05) is 61.9 Å². The summed E-state index contributed by atoms with van der Waals surface area (Å²) in [6, 6.07) is 20.3. The molecule has 0 saturated carbocycles. The largest absolute Gasteiger partial charge is 0.497 e. The summed E-state index contributed by atoms with van der Waals surface area (Å²) in [5.41, 5.74) is 4.51. The quantitative estimate of drug-likeness (QED) is 0.569. The van der Waals surface area contributed by atoms with E-state index >= 15 is 0 Å². The third-order valence-electron chi connectivity index (χ3n) is 7.11. The molecule has 3 heterocycles. The van der Waals surface area contributed by atoms with Crippen molar-refractivity contribution in [3.8, 4) is 11.5 Å². The molecule has 1 fully saturated rings. The fourth-order valence-electron chi connectivity index (χ4n) is 5.22. The number of fused-ring (bicyclic) bond motifs is 3. The molecular formula is C28H32N4O3. The van der Waals surface area contributed by atoms with E-state index in [4.69, 9.17) is 9.47 Å². The van der Waals surface area contributed by atoms with Crippen LogP contribution in [0.4, 0.5) is 11.4 Å². The van der Waals surface area contributed by atoms with Gasteiger partial charge in [0.15, 0.2) is 0 Å². The molecule has 0 bridgehead atoms. The Morgan fingerprint density at radius 2 is 1.83 bits per heavy atom. The summed E-state index contributed by atoms with van der Waals surface area (Å²) in [6.45, 7) is 3.08. The number of carbonyl (C=O) groups is 1. The molecule has 7 heteroatoms. The third-order valence-corrected chi connectivity index (χ3v) is 7.11. The molecule has 7 nitrogen and oxygen atoms in total. The molecule has 5 rings (SSSR count). The van der Waals surface area contributed by atoms with Gasteiger partial charge in [-0.1, -0.05) is 12.1 Å². The Morgan fingerprint density at radius 3 is 2.57 bits per heavy atom. The fraction of sp³-hybridized carbons (Fsp3) is 0.357. The van der Waals surface area contributed by atoms with Gasteiger partial charge in [0.1, 0.15) is 11.5 Å². The van der Waals surface area contributed by atoms with E-state index in [1.807, 2.05) is 36.4 Å². The molecule has 0 spiro atoms. The van der Waals surface area contributed by atoms with Crippen molar-refractivity contribution in [1.29, 1.82) is 0 Å². The first-order chi connectivity index (χ1) is 17.2. The van der Waals surface area contributed by atoms with Gasteiger partial charge in [-0.15, -0.1) is 0 Å². The van der Waals surface area contributed by atoms with Crippen molar-refractivity contribution in [2.75, 3.05) is 50.2 Å². The number of amides is 1. The number of hydrogen-bond acceptors (Lipinski definition) is 6. The predicted octanol–water partition coefficient (Wildman–Crippen LogP) is 3.33. The molecule has 2 aliphatic rings. The van der Waals surface area contributed by atoms with Crippen LogP contribution in [0.25, 0.3) is 0 Å². The number of ether oxygens (including phenoxy) is 2. The summed E-state index contributed by atoms with van der Waals surface area (Å²) in [4.78, 5) is 22.6. The number of methoxy groups -OCH3 is 2. The number of carbonyl (C=O) groups excluding carboxylic acids is 1. The monoisotopic (exact) mass is 472 g/mol. The van der Waals surface area contributed by atoms with Crippen LogP contribution < -0.4 is 24.6 Å². The number of aromatic nitrogens is 1. The van der Waals surface area contributed by atoms with E-state index < -0.39 is 0 Å². The Bertz CT molecular complexity index is 1150. The van der Waals surface area contributed by atoms with Gasteiger partial charge in [-0.3, -0.25) is 9.78 Å². The topological polar surface area (TPSA) is 66.9 Å². The molecule has 2 unspecified atom stereocenters. The molecule has 1 saturated heterocycles. The number of rotatable bonds is 7.